The van der Waals surface area contributed by atoms with Crippen LogP contribution in [0.25, 0.3) is 21.8 Å². The molecule has 0 saturated carbocycles. The first-order valence-electron chi connectivity index (χ1n) is 8.22. The number of halogens is 3. The Balaban J connectivity index is 2.49. The predicted octanol–water partition coefficient (Wildman–Crippen LogP) is 2.73. The molecule has 8 heteroatoms. The van der Waals surface area contributed by atoms with Crippen molar-refractivity contribution in [3.05, 3.63) is 45.4 Å². The summed E-state index contributed by atoms with van der Waals surface area (Å²) in [6.45, 7) is 3.22. The van der Waals surface area contributed by atoms with Crippen LogP contribution in [0.3, 0.4) is 0 Å². The Labute approximate surface area is 146 Å². The summed E-state index contributed by atoms with van der Waals surface area (Å²) in [5.41, 5.74) is 0.287. The van der Waals surface area contributed by atoms with Gasteiger partial charge >= 0.3 is 6.18 Å². The summed E-state index contributed by atoms with van der Waals surface area (Å²) in [5.74, 6) is 0. The molecule has 0 radical (unpaired) electrons. The Morgan fingerprint density at radius 3 is 2.54 bits per heavy atom. The Kier molecular flexibility index (Phi) is 4.58. The number of H-pyrrole nitrogens is 1. The molecule has 1 aromatic carbocycles. The number of benzene rings is 1. The topological polar surface area (TPSA) is 78.2 Å². The summed E-state index contributed by atoms with van der Waals surface area (Å²) in [5, 5.41) is 19.3. The van der Waals surface area contributed by atoms with Gasteiger partial charge in [-0.05, 0) is 31.0 Å². The Hall–Kier alpha value is -2.32. The highest BCUT2D eigenvalue weighted by atomic mass is 19.4. The van der Waals surface area contributed by atoms with Gasteiger partial charge in [0.1, 0.15) is 0 Å². The monoisotopic (exact) mass is 368 g/mol. The van der Waals surface area contributed by atoms with E-state index in [1.165, 1.54) is 6.07 Å². The maximum atomic E-state index is 13.6. The lowest BCUT2D eigenvalue weighted by Gasteiger charge is -2.14. The highest BCUT2D eigenvalue weighted by molar-refractivity contribution is 6.09. The van der Waals surface area contributed by atoms with Gasteiger partial charge in [-0.15, -0.1) is 0 Å². The van der Waals surface area contributed by atoms with Gasteiger partial charge < -0.3 is 19.8 Å². The molecule has 2 aromatic heterocycles. The molecule has 5 nitrogen and oxygen atoms in total. The van der Waals surface area contributed by atoms with Crippen molar-refractivity contribution in [3.8, 4) is 0 Å². The summed E-state index contributed by atoms with van der Waals surface area (Å²) >= 11 is 0. The van der Waals surface area contributed by atoms with Gasteiger partial charge in [0.05, 0.1) is 24.8 Å². The van der Waals surface area contributed by atoms with Crippen LogP contribution in [0.1, 0.15) is 23.7 Å². The van der Waals surface area contributed by atoms with E-state index in [4.69, 9.17) is 5.11 Å². The molecule has 0 saturated heterocycles. The summed E-state index contributed by atoms with van der Waals surface area (Å²) in [6, 6.07) is 3.64. The third kappa shape index (κ3) is 2.89. The van der Waals surface area contributed by atoms with Gasteiger partial charge in [0, 0.05) is 33.6 Å². The van der Waals surface area contributed by atoms with Gasteiger partial charge in [-0.2, -0.15) is 13.2 Å². The first-order valence-corrected chi connectivity index (χ1v) is 8.22. The van der Waals surface area contributed by atoms with Gasteiger partial charge in [-0.25, -0.2) is 0 Å². The van der Waals surface area contributed by atoms with Crippen LogP contribution < -0.4 is 5.56 Å². The van der Waals surface area contributed by atoms with Gasteiger partial charge in [0.2, 0.25) is 5.56 Å². The number of pyridine rings is 1. The second-order valence-corrected chi connectivity index (χ2v) is 6.30. The van der Waals surface area contributed by atoms with Crippen LogP contribution in [-0.4, -0.2) is 32.5 Å². The molecule has 0 amide bonds. The van der Waals surface area contributed by atoms with E-state index in [2.05, 4.69) is 4.98 Å². The zero-order chi connectivity index (χ0) is 19.2. The number of aryl methyl sites for hydroxylation is 1. The zero-order valence-corrected chi connectivity index (χ0v) is 14.3. The molecule has 1 unspecified atom stereocenters. The van der Waals surface area contributed by atoms with Crippen molar-refractivity contribution in [1.29, 1.82) is 0 Å². The molecule has 0 bridgehead atoms. The maximum Gasteiger partial charge on any atom is 0.417 e. The second kappa shape index (κ2) is 6.44. The standard InChI is InChI=1S/C18H19F3N2O3/c1-3-13-9(2)16-14(23(13)7-10(25)8-24)5-4-12-17(16)11(18(19,20)21)6-15(26)22-12/h4-6,10,24-25H,3,7-8H2,1-2H3,(H,22,26). The molecule has 0 aliphatic carbocycles. The molecule has 2 heterocycles. The third-order valence-electron chi connectivity index (χ3n) is 4.65. The quantitative estimate of drug-likeness (QED) is 0.663. The number of alkyl halides is 3. The molecule has 140 valence electrons. The Morgan fingerprint density at radius 2 is 1.96 bits per heavy atom. The van der Waals surface area contributed by atoms with Crippen molar-refractivity contribution in [2.24, 2.45) is 0 Å². The number of nitrogens with one attached hydrogen (secondary N) is 1. The summed E-state index contributed by atoms with van der Waals surface area (Å²) in [4.78, 5) is 14.1. The van der Waals surface area contributed by atoms with E-state index in [0.29, 0.717) is 29.0 Å². The van der Waals surface area contributed by atoms with Gasteiger partial charge in [-0.3, -0.25) is 4.79 Å². The van der Waals surface area contributed by atoms with Crippen LogP contribution in [0.4, 0.5) is 13.2 Å². The first-order chi connectivity index (χ1) is 12.2. The number of nitrogens with zero attached hydrogens (tertiary/aromatic N) is 1. The van der Waals surface area contributed by atoms with E-state index in [0.717, 1.165) is 5.69 Å². The minimum Gasteiger partial charge on any atom is -0.394 e. The number of aromatic amines is 1. The zero-order valence-electron chi connectivity index (χ0n) is 14.3. The molecular formula is C18H19F3N2O3. The largest absolute Gasteiger partial charge is 0.417 e. The Morgan fingerprint density at radius 1 is 1.27 bits per heavy atom. The number of hydrogen-bond donors (Lipinski definition) is 3. The number of fused-ring (bicyclic) bond motifs is 3. The number of aromatic nitrogens is 2. The van der Waals surface area contributed by atoms with Gasteiger partial charge in [0.15, 0.2) is 0 Å². The Bertz CT molecular complexity index is 1030. The summed E-state index contributed by atoms with van der Waals surface area (Å²) in [7, 11) is 0. The smallest absolute Gasteiger partial charge is 0.394 e. The number of rotatable bonds is 4. The molecule has 3 rings (SSSR count). The van der Waals surface area contributed by atoms with Crippen LogP contribution in [0, 0.1) is 6.92 Å². The van der Waals surface area contributed by atoms with Crippen LogP contribution in [-0.2, 0) is 19.1 Å². The first kappa shape index (κ1) is 18.5. The molecule has 0 fully saturated rings. The fraction of sp³-hybridized carbons (Fsp3) is 0.389. The van der Waals surface area contributed by atoms with Crippen molar-refractivity contribution < 1.29 is 23.4 Å². The van der Waals surface area contributed by atoms with Crippen LogP contribution in [0.15, 0.2) is 23.0 Å². The minimum atomic E-state index is -4.67. The highest BCUT2D eigenvalue weighted by Gasteiger charge is 2.34. The average molecular weight is 368 g/mol. The average Bonchev–Trinajstić information content (AvgIpc) is 2.84. The van der Waals surface area contributed by atoms with Crippen molar-refractivity contribution >= 4 is 21.8 Å². The number of hydrogen-bond acceptors (Lipinski definition) is 3. The fourth-order valence-corrected chi connectivity index (χ4v) is 3.60. The predicted molar refractivity (Wildman–Crippen MR) is 92.3 cm³/mol. The van der Waals surface area contributed by atoms with E-state index >= 15 is 0 Å². The number of aliphatic hydroxyl groups is 2. The second-order valence-electron chi connectivity index (χ2n) is 6.30. The minimum absolute atomic E-state index is 0.0564. The van der Waals surface area contributed by atoms with E-state index in [1.807, 2.05) is 6.92 Å². The van der Waals surface area contributed by atoms with E-state index in [1.54, 1.807) is 17.6 Å². The normalized spacial score (nSPS) is 13.7. The molecular weight excluding hydrogens is 349 g/mol. The van der Waals surface area contributed by atoms with Gasteiger partial charge in [0.25, 0.3) is 0 Å². The van der Waals surface area contributed by atoms with Crippen LogP contribution in [0.5, 0.6) is 0 Å². The molecule has 1 atom stereocenters. The summed E-state index contributed by atoms with van der Waals surface area (Å²) in [6.07, 6.45) is -5.15. The SMILES string of the molecule is CCc1c(C)c2c3c(C(F)(F)F)cc(=O)[nH]c3ccc2n1CC(O)CO. The lowest BCUT2D eigenvalue weighted by atomic mass is 10.0. The van der Waals surface area contributed by atoms with Gasteiger partial charge in [-0.1, -0.05) is 6.92 Å². The fourth-order valence-electron chi connectivity index (χ4n) is 3.60. The third-order valence-corrected chi connectivity index (χ3v) is 4.65. The van der Waals surface area contributed by atoms with Crippen LogP contribution in [0.2, 0.25) is 0 Å². The molecule has 3 aromatic rings. The van der Waals surface area contributed by atoms with Crippen molar-refractivity contribution in [3.63, 3.8) is 0 Å². The van der Waals surface area contributed by atoms with Crippen molar-refractivity contribution in [2.45, 2.75) is 39.1 Å². The number of aliphatic hydroxyl groups excluding tert-OH is 2. The molecule has 3 N–H and O–H groups in total. The van der Waals surface area contributed by atoms with Crippen molar-refractivity contribution in [1.82, 2.24) is 9.55 Å². The lowest BCUT2D eigenvalue weighted by molar-refractivity contribution is -0.136. The van der Waals surface area contributed by atoms with Crippen LogP contribution >= 0.6 is 0 Å². The molecule has 0 aliphatic rings. The highest BCUT2D eigenvalue weighted by Crippen LogP contribution is 2.39. The van der Waals surface area contributed by atoms with Crippen molar-refractivity contribution in [2.75, 3.05) is 6.61 Å². The summed E-state index contributed by atoms with van der Waals surface area (Å²) < 4.78 is 42.5. The molecule has 0 aliphatic heterocycles. The molecule has 0 spiro atoms. The molecule has 26 heavy (non-hydrogen) atoms. The van der Waals surface area contributed by atoms with E-state index in [-0.39, 0.29) is 17.4 Å². The lowest BCUT2D eigenvalue weighted by Crippen LogP contribution is -2.21. The van der Waals surface area contributed by atoms with E-state index < -0.39 is 30.0 Å². The maximum absolute atomic E-state index is 13.6. The van der Waals surface area contributed by atoms with E-state index in [9.17, 15) is 23.1 Å².